The molecule has 0 bridgehead atoms. The number of benzene rings is 2. The molecule has 2 N–H and O–H groups in total. The minimum Gasteiger partial charge on any atom is -0.497 e. The first-order valence-electron chi connectivity index (χ1n) is 8.38. The molecule has 0 spiro atoms. The zero-order valence-corrected chi connectivity index (χ0v) is 14.8. The van der Waals surface area contributed by atoms with Crippen LogP contribution < -0.4 is 10.1 Å². The molecule has 1 aliphatic heterocycles. The number of para-hydroxylation sites is 1. The first-order chi connectivity index (χ1) is 13.2. The van der Waals surface area contributed by atoms with Gasteiger partial charge in [-0.2, -0.15) is 0 Å². The third kappa shape index (κ3) is 5.38. The van der Waals surface area contributed by atoms with Gasteiger partial charge in [0.05, 0.1) is 13.2 Å². The molecule has 1 aliphatic rings. The Bertz CT molecular complexity index is 928. The van der Waals surface area contributed by atoms with Crippen LogP contribution >= 0.6 is 0 Å². The van der Waals surface area contributed by atoms with E-state index in [9.17, 15) is 4.79 Å². The van der Waals surface area contributed by atoms with E-state index in [1.807, 2.05) is 54.6 Å². The Morgan fingerprint density at radius 1 is 1.15 bits per heavy atom. The smallest absolute Gasteiger partial charge is 0.407 e. The van der Waals surface area contributed by atoms with E-state index in [0.29, 0.717) is 12.4 Å². The Morgan fingerprint density at radius 2 is 2.00 bits per heavy atom. The topological polar surface area (TPSA) is 76.2 Å². The Hall–Kier alpha value is -3.72. The number of carbonyl (C=O) groups is 1. The standard InChI is InChI=1S/C14H11N3O2.C7H8O/c18-14-17-12(9-19-14)11-3-1-2-10(8-11)4-5-13-15-6-7-16-13;1-8-7-5-3-2-4-6-7/h1-3,6-8,12H,9H2,(H,15,16)(H,17,18);2-6H,1H3/t12-;/m0./s1. The van der Waals surface area contributed by atoms with Crippen molar-refractivity contribution < 1.29 is 14.3 Å². The molecular weight excluding hydrogens is 342 g/mol. The lowest BCUT2D eigenvalue weighted by molar-refractivity contribution is 0.177. The number of alkyl carbamates (subject to hydrolysis) is 1. The van der Waals surface area contributed by atoms with Gasteiger partial charge in [-0.25, -0.2) is 9.78 Å². The van der Waals surface area contributed by atoms with E-state index >= 15 is 0 Å². The summed E-state index contributed by atoms with van der Waals surface area (Å²) >= 11 is 0. The molecule has 1 atom stereocenters. The molecule has 3 aromatic rings. The first-order valence-corrected chi connectivity index (χ1v) is 8.38. The molecule has 2 heterocycles. The number of imidazole rings is 1. The number of aromatic amines is 1. The highest BCUT2D eigenvalue weighted by molar-refractivity contribution is 5.70. The van der Waals surface area contributed by atoms with E-state index in [0.717, 1.165) is 16.9 Å². The number of cyclic esters (lactones) is 1. The zero-order chi connectivity index (χ0) is 18.9. The summed E-state index contributed by atoms with van der Waals surface area (Å²) < 4.78 is 9.79. The fraction of sp³-hybridized carbons (Fsp3) is 0.143. The normalized spacial score (nSPS) is 14.7. The second-order valence-electron chi connectivity index (χ2n) is 5.63. The highest BCUT2D eigenvalue weighted by atomic mass is 16.6. The van der Waals surface area contributed by atoms with E-state index in [2.05, 4.69) is 27.1 Å². The van der Waals surface area contributed by atoms with Crippen LogP contribution in [0.4, 0.5) is 4.79 Å². The van der Waals surface area contributed by atoms with Crippen molar-refractivity contribution in [1.29, 1.82) is 0 Å². The van der Waals surface area contributed by atoms with E-state index in [4.69, 9.17) is 9.47 Å². The van der Waals surface area contributed by atoms with Gasteiger partial charge < -0.3 is 19.8 Å². The maximum Gasteiger partial charge on any atom is 0.407 e. The van der Waals surface area contributed by atoms with Crippen LogP contribution in [0.5, 0.6) is 5.75 Å². The number of nitrogens with zero attached hydrogens (tertiary/aromatic N) is 1. The van der Waals surface area contributed by atoms with Crippen LogP contribution in [-0.2, 0) is 4.74 Å². The van der Waals surface area contributed by atoms with Crippen molar-refractivity contribution in [1.82, 2.24) is 15.3 Å². The molecule has 1 fully saturated rings. The van der Waals surface area contributed by atoms with Crippen molar-refractivity contribution >= 4 is 6.09 Å². The van der Waals surface area contributed by atoms with Gasteiger partial charge >= 0.3 is 6.09 Å². The van der Waals surface area contributed by atoms with E-state index in [1.54, 1.807) is 19.5 Å². The van der Waals surface area contributed by atoms with Gasteiger partial charge in [0.25, 0.3) is 0 Å². The van der Waals surface area contributed by atoms with Crippen LogP contribution in [0.3, 0.4) is 0 Å². The van der Waals surface area contributed by atoms with Crippen LogP contribution in [-0.4, -0.2) is 29.8 Å². The van der Waals surface area contributed by atoms with Crippen LogP contribution in [0.15, 0.2) is 67.0 Å². The van der Waals surface area contributed by atoms with Crippen LogP contribution in [0.25, 0.3) is 0 Å². The average molecular weight is 361 g/mol. The van der Waals surface area contributed by atoms with Crippen molar-refractivity contribution in [2.45, 2.75) is 6.04 Å². The minimum atomic E-state index is -0.378. The van der Waals surface area contributed by atoms with Gasteiger partial charge in [-0.3, -0.25) is 0 Å². The van der Waals surface area contributed by atoms with Gasteiger partial charge in [0.2, 0.25) is 0 Å². The number of rotatable bonds is 2. The predicted molar refractivity (Wildman–Crippen MR) is 101 cm³/mol. The molecule has 1 amide bonds. The van der Waals surface area contributed by atoms with E-state index < -0.39 is 0 Å². The second kappa shape index (κ2) is 9.11. The highest BCUT2D eigenvalue weighted by Gasteiger charge is 2.23. The molecule has 4 rings (SSSR count). The van der Waals surface area contributed by atoms with Crippen molar-refractivity contribution in [2.75, 3.05) is 13.7 Å². The van der Waals surface area contributed by atoms with E-state index in [-0.39, 0.29) is 12.1 Å². The highest BCUT2D eigenvalue weighted by Crippen LogP contribution is 2.18. The van der Waals surface area contributed by atoms with Gasteiger partial charge in [0, 0.05) is 18.0 Å². The lowest BCUT2D eigenvalue weighted by Crippen LogP contribution is -2.18. The molecule has 0 radical (unpaired) electrons. The summed E-state index contributed by atoms with van der Waals surface area (Å²) in [4.78, 5) is 18.0. The van der Waals surface area contributed by atoms with Crippen molar-refractivity contribution in [3.8, 4) is 17.6 Å². The maximum absolute atomic E-state index is 11.0. The van der Waals surface area contributed by atoms with Gasteiger partial charge in [-0.1, -0.05) is 36.3 Å². The molecule has 1 saturated heterocycles. The lowest BCUT2D eigenvalue weighted by Gasteiger charge is -2.07. The third-order valence-corrected chi connectivity index (χ3v) is 3.76. The Kier molecular flexibility index (Phi) is 6.10. The number of aromatic nitrogens is 2. The number of methoxy groups -OCH3 is 1. The minimum absolute atomic E-state index is 0.0992. The molecule has 0 aliphatic carbocycles. The fourth-order valence-electron chi connectivity index (χ4n) is 2.42. The molecule has 6 heteroatoms. The summed E-state index contributed by atoms with van der Waals surface area (Å²) in [5, 5.41) is 2.74. The van der Waals surface area contributed by atoms with Crippen LogP contribution in [0, 0.1) is 11.8 Å². The van der Waals surface area contributed by atoms with Crippen LogP contribution in [0.2, 0.25) is 0 Å². The Balaban J connectivity index is 0.000000221. The number of hydrogen-bond donors (Lipinski definition) is 2. The predicted octanol–water partition coefficient (Wildman–Crippen LogP) is 3.29. The number of nitrogens with one attached hydrogen (secondary N) is 2. The number of amides is 1. The van der Waals surface area contributed by atoms with Gasteiger partial charge in [-0.15, -0.1) is 0 Å². The fourth-order valence-corrected chi connectivity index (χ4v) is 2.42. The van der Waals surface area contributed by atoms with Crippen molar-refractivity contribution in [3.05, 3.63) is 83.9 Å². The maximum atomic E-state index is 11.0. The van der Waals surface area contributed by atoms with Gasteiger partial charge in [0.15, 0.2) is 5.82 Å². The first kappa shape index (κ1) is 18.1. The SMILES string of the molecule is COc1ccccc1.O=C1N[C@H](c2cccc(C#Cc3ncc[nH]3)c2)CO1. The molecule has 27 heavy (non-hydrogen) atoms. The van der Waals surface area contributed by atoms with Gasteiger partial charge in [-0.05, 0) is 35.7 Å². The monoisotopic (exact) mass is 361 g/mol. The molecule has 2 aromatic carbocycles. The summed E-state index contributed by atoms with van der Waals surface area (Å²) in [6.07, 6.45) is 3.01. The zero-order valence-electron chi connectivity index (χ0n) is 14.8. The third-order valence-electron chi connectivity index (χ3n) is 3.76. The van der Waals surface area contributed by atoms with Gasteiger partial charge in [0.1, 0.15) is 12.4 Å². The van der Waals surface area contributed by atoms with Crippen molar-refractivity contribution in [3.63, 3.8) is 0 Å². The molecule has 0 saturated carbocycles. The summed E-state index contributed by atoms with van der Waals surface area (Å²) in [6.45, 7) is 0.355. The molecule has 1 aromatic heterocycles. The number of carbonyl (C=O) groups excluding carboxylic acids is 1. The largest absolute Gasteiger partial charge is 0.497 e. The second-order valence-corrected chi connectivity index (χ2v) is 5.63. The summed E-state index contributed by atoms with van der Waals surface area (Å²) in [6, 6.07) is 17.3. The van der Waals surface area contributed by atoms with Crippen LogP contribution in [0.1, 0.15) is 23.0 Å². The molecule has 6 nitrogen and oxygen atoms in total. The molecule has 0 unspecified atom stereocenters. The van der Waals surface area contributed by atoms with Crippen molar-refractivity contribution in [2.24, 2.45) is 0 Å². The number of hydrogen-bond acceptors (Lipinski definition) is 4. The summed E-state index contributed by atoms with van der Waals surface area (Å²) in [7, 11) is 1.66. The quantitative estimate of drug-likeness (QED) is 0.687. The summed E-state index contributed by atoms with van der Waals surface area (Å²) in [5.74, 6) is 7.49. The molecular formula is C21H19N3O3. The average Bonchev–Trinajstić information content (AvgIpc) is 3.39. The van der Waals surface area contributed by atoms with E-state index in [1.165, 1.54) is 0 Å². The summed E-state index contributed by atoms with van der Waals surface area (Å²) in [5.41, 5.74) is 1.85. The molecule has 136 valence electrons. The lowest BCUT2D eigenvalue weighted by atomic mass is 10.1. The number of ether oxygens (including phenoxy) is 2. The Morgan fingerprint density at radius 3 is 2.63 bits per heavy atom. The number of H-pyrrole nitrogens is 1. The Labute approximate surface area is 157 Å².